The summed E-state index contributed by atoms with van der Waals surface area (Å²) in [6, 6.07) is 15.1. The van der Waals surface area contributed by atoms with E-state index in [1.165, 1.54) is 6.07 Å². The van der Waals surface area contributed by atoms with Crippen molar-refractivity contribution < 1.29 is 13.2 Å². The zero-order valence-electron chi connectivity index (χ0n) is 11.4. The first-order chi connectivity index (χ1) is 10.0. The van der Waals surface area contributed by atoms with Gasteiger partial charge in [0.1, 0.15) is 11.8 Å². The van der Waals surface area contributed by atoms with Crippen LogP contribution in [0.5, 0.6) is 5.75 Å². The fraction of sp³-hybridized carbons (Fsp3) is 0.133. The van der Waals surface area contributed by atoms with Crippen molar-refractivity contribution in [1.29, 1.82) is 5.26 Å². The number of benzene rings is 2. The summed E-state index contributed by atoms with van der Waals surface area (Å²) in [4.78, 5) is 0.230. The minimum absolute atomic E-state index is 0.0893. The maximum Gasteiger partial charge on any atom is 0.262 e. The smallest absolute Gasteiger partial charge is 0.262 e. The SMILES string of the molecule is Cc1ccccc1S(=O)(=O)Nc1cccc(OCC#N)c1. The third-order valence-electron chi connectivity index (χ3n) is 2.77. The van der Waals surface area contributed by atoms with Crippen LogP contribution in [0, 0.1) is 18.3 Å². The van der Waals surface area contributed by atoms with E-state index in [1.807, 2.05) is 6.07 Å². The van der Waals surface area contributed by atoms with E-state index in [0.29, 0.717) is 17.0 Å². The van der Waals surface area contributed by atoms with E-state index < -0.39 is 10.0 Å². The van der Waals surface area contributed by atoms with E-state index >= 15 is 0 Å². The molecule has 0 saturated heterocycles. The third-order valence-corrected chi connectivity index (χ3v) is 4.31. The molecular weight excluding hydrogens is 288 g/mol. The topological polar surface area (TPSA) is 79.2 Å². The number of nitriles is 1. The lowest BCUT2D eigenvalue weighted by Gasteiger charge is -2.11. The zero-order valence-corrected chi connectivity index (χ0v) is 12.2. The van der Waals surface area contributed by atoms with E-state index in [4.69, 9.17) is 10.00 Å². The van der Waals surface area contributed by atoms with E-state index in [2.05, 4.69) is 4.72 Å². The van der Waals surface area contributed by atoms with Crippen LogP contribution >= 0.6 is 0 Å². The number of anilines is 1. The second kappa shape index (κ2) is 6.29. The Labute approximate surface area is 123 Å². The van der Waals surface area contributed by atoms with Crippen molar-refractivity contribution in [2.45, 2.75) is 11.8 Å². The highest BCUT2D eigenvalue weighted by atomic mass is 32.2. The fourth-order valence-corrected chi connectivity index (χ4v) is 3.13. The second-order valence-electron chi connectivity index (χ2n) is 4.35. The molecule has 6 heteroatoms. The number of hydrogen-bond donors (Lipinski definition) is 1. The summed E-state index contributed by atoms with van der Waals surface area (Å²) in [6.45, 7) is 1.65. The van der Waals surface area contributed by atoms with Gasteiger partial charge in [-0.3, -0.25) is 4.72 Å². The molecule has 0 atom stereocenters. The number of sulfonamides is 1. The van der Waals surface area contributed by atoms with Crippen molar-refractivity contribution in [2.24, 2.45) is 0 Å². The molecule has 0 bridgehead atoms. The predicted molar refractivity (Wildman–Crippen MR) is 79.5 cm³/mol. The summed E-state index contributed by atoms with van der Waals surface area (Å²) >= 11 is 0. The molecule has 2 rings (SSSR count). The molecule has 0 aliphatic rings. The van der Waals surface area contributed by atoms with Gasteiger partial charge in [-0.1, -0.05) is 24.3 Å². The molecule has 108 valence electrons. The molecule has 0 heterocycles. The minimum atomic E-state index is -3.65. The Morgan fingerprint density at radius 1 is 1.19 bits per heavy atom. The molecule has 0 unspecified atom stereocenters. The van der Waals surface area contributed by atoms with Crippen LogP contribution < -0.4 is 9.46 Å². The Morgan fingerprint density at radius 3 is 2.67 bits per heavy atom. The molecule has 1 N–H and O–H groups in total. The first kappa shape index (κ1) is 14.9. The lowest BCUT2D eigenvalue weighted by atomic mass is 10.2. The van der Waals surface area contributed by atoms with Crippen LogP contribution in [-0.2, 0) is 10.0 Å². The van der Waals surface area contributed by atoms with Gasteiger partial charge in [0.05, 0.1) is 10.6 Å². The summed E-state index contributed by atoms with van der Waals surface area (Å²) in [5.41, 5.74) is 1.05. The highest BCUT2D eigenvalue weighted by molar-refractivity contribution is 7.92. The molecule has 0 fully saturated rings. The van der Waals surface area contributed by atoms with Gasteiger partial charge in [0.25, 0.3) is 10.0 Å². The lowest BCUT2D eigenvalue weighted by Crippen LogP contribution is -2.14. The van der Waals surface area contributed by atoms with E-state index in [9.17, 15) is 8.42 Å². The molecule has 0 radical (unpaired) electrons. The minimum Gasteiger partial charge on any atom is -0.479 e. The maximum absolute atomic E-state index is 12.3. The molecule has 0 aliphatic heterocycles. The summed E-state index contributed by atoms with van der Waals surface area (Å²) in [5, 5.41) is 8.48. The summed E-state index contributed by atoms with van der Waals surface area (Å²) < 4.78 is 32.3. The quantitative estimate of drug-likeness (QED) is 0.921. The number of hydrogen-bond acceptors (Lipinski definition) is 4. The molecule has 2 aromatic rings. The summed E-state index contributed by atoms with van der Waals surface area (Å²) in [5.74, 6) is 0.432. The fourth-order valence-electron chi connectivity index (χ4n) is 1.83. The highest BCUT2D eigenvalue weighted by Crippen LogP contribution is 2.22. The van der Waals surface area contributed by atoms with Crippen LogP contribution in [0.1, 0.15) is 5.56 Å². The molecular formula is C15H14N2O3S. The first-order valence-electron chi connectivity index (χ1n) is 6.21. The molecule has 21 heavy (non-hydrogen) atoms. The standard InChI is InChI=1S/C15H14N2O3S/c1-12-5-2-3-8-15(12)21(18,19)17-13-6-4-7-14(11-13)20-10-9-16/h2-8,11,17H,10H2,1H3. The van der Waals surface area contributed by atoms with Crippen LogP contribution in [0.15, 0.2) is 53.4 Å². The highest BCUT2D eigenvalue weighted by Gasteiger charge is 2.16. The van der Waals surface area contributed by atoms with E-state index in [-0.39, 0.29) is 11.5 Å². The molecule has 0 spiro atoms. The number of rotatable bonds is 5. The van der Waals surface area contributed by atoms with Gasteiger partial charge in [0, 0.05) is 6.07 Å². The van der Waals surface area contributed by atoms with Crippen molar-refractivity contribution in [3.05, 3.63) is 54.1 Å². The first-order valence-corrected chi connectivity index (χ1v) is 7.69. The number of nitrogens with zero attached hydrogens (tertiary/aromatic N) is 1. The molecule has 0 saturated carbocycles. The van der Waals surface area contributed by atoms with Crippen LogP contribution in [0.3, 0.4) is 0 Å². The average Bonchev–Trinajstić information content (AvgIpc) is 2.45. The van der Waals surface area contributed by atoms with Gasteiger partial charge >= 0.3 is 0 Å². The van der Waals surface area contributed by atoms with Crippen LogP contribution in [-0.4, -0.2) is 15.0 Å². The number of aryl methyl sites for hydroxylation is 1. The average molecular weight is 302 g/mol. The van der Waals surface area contributed by atoms with Crippen molar-refractivity contribution in [3.63, 3.8) is 0 Å². The van der Waals surface area contributed by atoms with Gasteiger partial charge in [-0.2, -0.15) is 5.26 Å². The largest absolute Gasteiger partial charge is 0.479 e. The van der Waals surface area contributed by atoms with Crippen molar-refractivity contribution in [3.8, 4) is 11.8 Å². The monoisotopic (exact) mass is 302 g/mol. The lowest BCUT2D eigenvalue weighted by molar-refractivity contribution is 0.368. The third kappa shape index (κ3) is 3.74. The zero-order chi connectivity index (χ0) is 15.3. The Hall–Kier alpha value is -2.52. The Kier molecular flexibility index (Phi) is 4.45. The second-order valence-corrected chi connectivity index (χ2v) is 6.00. The molecule has 0 aliphatic carbocycles. The molecule has 0 aromatic heterocycles. The number of nitrogens with one attached hydrogen (secondary N) is 1. The number of ether oxygens (including phenoxy) is 1. The van der Waals surface area contributed by atoms with Crippen molar-refractivity contribution in [2.75, 3.05) is 11.3 Å². The van der Waals surface area contributed by atoms with E-state index in [0.717, 1.165) is 0 Å². The van der Waals surface area contributed by atoms with Crippen molar-refractivity contribution in [1.82, 2.24) is 0 Å². The summed E-state index contributed by atoms with van der Waals surface area (Å²) in [7, 11) is -3.65. The van der Waals surface area contributed by atoms with E-state index in [1.54, 1.807) is 49.4 Å². The van der Waals surface area contributed by atoms with Gasteiger partial charge in [-0.25, -0.2) is 8.42 Å². The normalized spacial score (nSPS) is 10.7. The Morgan fingerprint density at radius 2 is 1.95 bits per heavy atom. The molecule has 2 aromatic carbocycles. The van der Waals surface area contributed by atoms with Gasteiger partial charge in [0.15, 0.2) is 6.61 Å². The molecule has 0 amide bonds. The van der Waals surface area contributed by atoms with Crippen molar-refractivity contribution >= 4 is 15.7 Å². The predicted octanol–water partition coefficient (Wildman–Crippen LogP) is 2.70. The van der Waals surface area contributed by atoms with Crippen LogP contribution in [0.4, 0.5) is 5.69 Å². The Balaban J connectivity index is 2.25. The van der Waals surface area contributed by atoms with Gasteiger partial charge in [-0.05, 0) is 30.7 Å². The van der Waals surface area contributed by atoms with Gasteiger partial charge in [-0.15, -0.1) is 0 Å². The Bertz CT molecular complexity index is 780. The van der Waals surface area contributed by atoms with Gasteiger partial charge in [0.2, 0.25) is 0 Å². The van der Waals surface area contributed by atoms with Crippen LogP contribution in [0.25, 0.3) is 0 Å². The maximum atomic E-state index is 12.3. The van der Waals surface area contributed by atoms with Gasteiger partial charge < -0.3 is 4.74 Å². The van der Waals surface area contributed by atoms with Crippen LogP contribution in [0.2, 0.25) is 0 Å². The molecule has 5 nitrogen and oxygen atoms in total. The summed E-state index contributed by atoms with van der Waals surface area (Å²) in [6.07, 6.45) is 0.